The van der Waals surface area contributed by atoms with E-state index in [1.165, 1.54) is 0 Å². The van der Waals surface area contributed by atoms with E-state index in [0.29, 0.717) is 17.1 Å². The number of nitrogens with one attached hydrogen (secondary N) is 2. The molecular formula is C14H21ClN2O2. The monoisotopic (exact) mass is 284 g/mol. The van der Waals surface area contributed by atoms with Crippen molar-refractivity contribution in [3.63, 3.8) is 0 Å². The first-order valence-electron chi connectivity index (χ1n) is 6.57. The molecule has 5 heteroatoms. The molecule has 0 saturated heterocycles. The zero-order chi connectivity index (χ0) is 14.1. The van der Waals surface area contributed by atoms with Crippen LogP contribution in [0, 0.1) is 0 Å². The summed E-state index contributed by atoms with van der Waals surface area (Å²) in [4.78, 5) is 11.7. The fourth-order valence-corrected chi connectivity index (χ4v) is 1.75. The fraction of sp³-hybridized carbons (Fsp3) is 0.500. The van der Waals surface area contributed by atoms with Gasteiger partial charge in [0.2, 0.25) is 0 Å². The first-order valence-corrected chi connectivity index (χ1v) is 6.95. The van der Waals surface area contributed by atoms with Crippen molar-refractivity contribution in [1.29, 1.82) is 0 Å². The smallest absolute Gasteiger partial charge is 0.253 e. The highest BCUT2D eigenvalue weighted by Crippen LogP contribution is 2.16. The van der Waals surface area contributed by atoms with Gasteiger partial charge in [0, 0.05) is 11.6 Å². The van der Waals surface area contributed by atoms with Crippen LogP contribution < -0.4 is 10.6 Å². The van der Waals surface area contributed by atoms with Crippen LogP contribution in [0.3, 0.4) is 0 Å². The Morgan fingerprint density at radius 3 is 2.58 bits per heavy atom. The molecule has 1 aromatic rings. The highest BCUT2D eigenvalue weighted by Gasteiger charge is 2.16. The van der Waals surface area contributed by atoms with Crippen LogP contribution in [0.2, 0.25) is 5.02 Å². The molecule has 0 radical (unpaired) electrons. The molecule has 0 aliphatic carbocycles. The SMILES string of the molecule is CCCNCCCNC(=O)C(O)c1ccc(Cl)cc1. The molecule has 1 rings (SSSR count). The molecule has 0 heterocycles. The van der Waals surface area contributed by atoms with Gasteiger partial charge in [0.25, 0.3) is 5.91 Å². The molecule has 4 nitrogen and oxygen atoms in total. The summed E-state index contributed by atoms with van der Waals surface area (Å²) in [6.07, 6.45) is 0.807. The lowest BCUT2D eigenvalue weighted by Crippen LogP contribution is -2.31. The van der Waals surface area contributed by atoms with E-state index in [-0.39, 0.29) is 5.91 Å². The molecule has 0 bridgehead atoms. The Hall–Kier alpha value is -1.10. The van der Waals surface area contributed by atoms with Crippen LogP contribution in [0.4, 0.5) is 0 Å². The van der Waals surface area contributed by atoms with Crippen LogP contribution in [0.15, 0.2) is 24.3 Å². The Balaban J connectivity index is 2.27. The third-order valence-electron chi connectivity index (χ3n) is 2.69. The number of carbonyl (C=O) groups excluding carboxylic acids is 1. The largest absolute Gasteiger partial charge is 0.378 e. The van der Waals surface area contributed by atoms with E-state index >= 15 is 0 Å². The fourth-order valence-electron chi connectivity index (χ4n) is 1.62. The molecule has 0 spiro atoms. The van der Waals surface area contributed by atoms with Gasteiger partial charge in [-0.3, -0.25) is 4.79 Å². The number of aliphatic hydroxyl groups is 1. The van der Waals surface area contributed by atoms with Gasteiger partial charge >= 0.3 is 0 Å². The van der Waals surface area contributed by atoms with E-state index in [4.69, 9.17) is 11.6 Å². The van der Waals surface area contributed by atoms with Crippen LogP contribution in [-0.4, -0.2) is 30.6 Å². The molecule has 0 aliphatic rings. The first kappa shape index (κ1) is 16.0. The Morgan fingerprint density at radius 2 is 1.95 bits per heavy atom. The predicted octanol–water partition coefficient (Wildman–Crippen LogP) is 1.88. The molecule has 0 aromatic heterocycles. The van der Waals surface area contributed by atoms with Crippen molar-refractivity contribution in [1.82, 2.24) is 10.6 Å². The molecular weight excluding hydrogens is 264 g/mol. The molecule has 1 amide bonds. The molecule has 3 N–H and O–H groups in total. The molecule has 0 fully saturated rings. The molecule has 0 saturated carbocycles. The lowest BCUT2D eigenvalue weighted by molar-refractivity contribution is -0.129. The van der Waals surface area contributed by atoms with Crippen molar-refractivity contribution in [3.05, 3.63) is 34.9 Å². The summed E-state index contributed by atoms with van der Waals surface area (Å²) in [5.74, 6) is -0.377. The average molecular weight is 285 g/mol. The van der Waals surface area contributed by atoms with E-state index in [0.717, 1.165) is 25.9 Å². The normalized spacial score (nSPS) is 12.2. The molecule has 0 aliphatic heterocycles. The second-order valence-corrected chi connectivity index (χ2v) is 4.79. The van der Waals surface area contributed by atoms with Crippen LogP contribution >= 0.6 is 11.6 Å². The lowest BCUT2D eigenvalue weighted by atomic mass is 10.1. The van der Waals surface area contributed by atoms with Crippen LogP contribution in [-0.2, 0) is 4.79 Å². The first-order chi connectivity index (χ1) is 9.15. The maximum Gasteiger partial charge on any atom is 0.253 e. The van der Waals surface area contributed by atoms with Crippen molar-refractivity contribution in [2.75, 3.05) is 19.6 Å². The minimum Gasteiger partial charge on any atom is -0.378 e. The van der Waals surface area contributed by atoms with Gasteiger partial charge in [0.1, 0.15) is 0 Å². The molecule has 1 atom stereocenters. The van der Waals surface area contributed by atoms with Crippen LogP contribution in [0.25, 0.3) is 0 Å². The van der Waals surface area contributed by atoms with Crippen LogP contribution in [0.1, 0.15) is 31.4 Å². The lowest BCUT2D eigenvalue weighted by Gasteiger charge is -2.12. The highest BCUT2D eigenvalue weighted by molar-refractivity contribution is 6.30. The number of hydrogen-bond acceptors (Lipinski definition) is 3. The number of aliphatic hydroxyl groups excluding tert-OH is 1. The van der Waals surface area contributed by atoms with Gasteiger partial charge in [0.15, 0.2) is 6.10 Å². The van der Waals surface area contributed by atoms with Crippen molar-refractivity contribution in [2.45, 2.75) is 25.9 Å². The molecule has 1 aromatic carbocycles. The topological polar surface area (TPSA) is 61.4 Å². The number of hydrogen-bond donors (Lipinski definition) is 3. The van der Waals surface area contributed by atoms with Gasteiger partial charge in [-0.1, -0.05) is 30.7 Å². The number of amides is 1. The van der Waals surface area contributed by atoms with E-state index in [9.17, 15) is 9.90 Å². The summed E-state index contributed by atoms with van der Waals surface area (Å²) in [6, 6.07) is 6.61. The second-order valence-electron chi connectivity index (χ2n) is 4.35. The van der Waals surface area contributed by atoms with Crippen LogP contribution in [0.5, 0.6) is 0 Å². The van der Waals surface area contributed by atoms with Crippen molar-refractivity contribution in [3.8, 4) is 0 Å². The summed E-state index contributed by atoms with van der Waals surface area (Å²) < 4.78 is 0. The molecule has 19 heavy (non-hydrogen) atoms. The van der Waals surface area contributed by atoms with Gasteiger partial charge in [-0.2, -0.15) is 0 Å². The minimum atomic E-state index is -1.14. The zero-order valence-electron chi connectivity index (χ0n) is 11.2. The maximum absolute atomic E-state index is 11.7. The number of rotatable bonds is 8. The van der Waals surface area contributed by atoms with E-state index < -0.39 is 6.10 Å². The van der Waals surface area contributed by atoms with Gasteiger partial charge in [-0.15, -0.1) is 0 Å². The summed E-state index contributed by atoms with van der Waals surface area (Å²) in [5.41, 5.74) is 0.547. The molecule has 1 unspecified atom stereocenters. The number of halogens is 1. The standard InChI is InChI=1S/C14H21ClN2O2/c1-2-8-16-9-3-10-17-14(19)13(18)11-4-6-12(15)7-5-11/h4-7,13,16,18H,2-3,8-10H2,1H3,(H,17,19). The highest BCUT2D eigenvalue weighted by atomic mass is 35.5. The summed E-state index contributed by atoms with van der Waals surface area (Å²) in [5, 5.41) is 16.4. The third kappa shape index (κ3) is 6.05. The predicted molar refractivity (Wildman–Crippen MR) is 77.2 cm³/mol. The van der Waals surface area contributed by atoms with Crippen molar-refractivity contribution < 1.29 is 9.90 Å². The van der Waals surface area contributed by atoms with Gasteiger partial charge in [0.05, 0.1) is 0 Å². The quantitative estimate of drug-likeness (QED) is 0.639. The van der Waals surface area contributed by atoms with E-state index in [1.807, 2.05) is 0 Å². The third-order valence-corrected chi connectivity index (χ3v) is 2.94. The van der Waals surface area contributed by atoms with Crippen molar-refractivity contribution >= 4 is 17.5 Å². The number of carbonyl (C=O) groups is 1. The van der Waals surface area contributed by atoms with Gasteiger partial charge in [-0.05, 0) is 43.6 Å². The average Bonchev–Trinajstić information content (AvgIpc) is 2.42. The Kier molecular flexibility index (Phi) is 7.48. The number of benzene rings is 1. The summed E-state index contributed by atoms with van der Waals surface area (Å²) >= 11 is 5.75. The summed E-state index contributed by atoms with van der Waals surface area (Å²) in [7, 11) is 0. The molecule has 106 valence electrons. The Labute approximate surface area is 119 Å². The van der Waals surface area contributed by atoms with Crippen molar-refractivity contribution in [2.24, 2.45) is 0 Å². The van der Waals surface area contributed by atoms with Gasteiger partial charge in [-0.25, -0.2) is 0 Å². The van der Waals surface area contributed by atoms with E-state index in [1.54, 1.807) is 24.3 Å². The Bertz CT molecular complexity index is 382. The Morgan fingerprint density at radius 1 is 1.26 bits per heavy atom. The zero-order valence-corrected chi connectivity index (χ0v) is 11.9. The minimum absolute atomic E-state index is 0.377. The summed E-state index contributed by atoms with van der Waals surface area (Å²) in [6.45, 7) is 4.52. The van der Waals surface area contributed by atoms with E-state index in [2.05, 4.69) is 17.6 Å². The second kappa shape index (κ2) is 8.91. The maximum atomic E-state index is 11.7. The van der Waals surface area contributed by atoms with Gasteiger partial charge < -0.3 is 15.7 Å².